The molecule has 9 heteroatoms. The molecule has 9 nitrogen and oxygen atoms in total. The van der Waals surface area contributed by atoms with Crippen LogP contribution in [0.2, 0.25) is 0 Å². The van der Waals surface area contributed by atoms with Crippen molar-refractivity contribution in [3.63, 3.8) is 0 Å². The maximum Gasteiger partial charge on any atom is 0.324 e. The zero-order valence-corrected chi connectivity index (χ0v) is 21.2. The van der Waals surface area contributed by atoms with E-state index in [-0.39, 0.29) is 11.8 Å². The molecule has 1 N–H and O–H groups in total. The highest BCUT2D eigenvalue weighted by Crippen LogP contribution is 2.29. The molecule has 0 saturated carbocycles. The lowest BCUT2D eigenvalue weighted by Crippen LogP contribution is -2.43. The van der Waals surface area contributed by atoms with Crippen molar-refractivity contribution in [1.82, 2.24) is 15.5 Å². The predicted molar refractivity (Wildman–Crippen MR) is 137 cm³/mol. The van der Waals surface area contributed by atoms with Crippen molar-refractivity contribution in [2.75, 3.05) is 44.9 Å². The Morgan fingerprint density at radius 3 is 2.64 bits per heavy atom. The van der Waals surface area contributed by atoms with E-state index in [1.54, 1.807) is 7.11 Å². The molecule has 2 heterocycles. The monoisotopic (exact) mass is 494 g/mol. The van der Waals surface area contributed by atoms with E-state index in [0.717, 1.165) is 47.8 Å². The van der Waals surface area contributed by atoms with Gasteiger partial charge in [0.25, 0.3) is 0 Å². The molecule has 1 atom stereocenters. The second-order valence-corrected chi connectivity index (χ2v) is 8.60. The van der Waals surface area contributed by atoms with Crippen LogP contribution in [-0.2, 0) is 11.2 Å². The fourth-order valence-electron chi connectivity index (χ4n) is 4.29. The highest BCUT2D eigenvalue weighted by molar-refractivity contribution is 5.79. The Labute approximate surface area is 211 Å². The molecule has 192 valence electrons. The number of aromatic nitrogens is 2. The highest BCUT2D eigenvalue weighted by atomic mass is 16.5. The third-order valence-corrected chi connectivity index (χ3v) is 6.15. The van der Waals surface area contributed by atoms with E-state index in [1.807, 2.05) is 61.2 Å². The molecule has 0 unspecified atom stereocenters. The molecule has 1 saturated heterocycles. The van der Waals surface area contributed by atoms with Crippen LogP contribution in [0.25, 0.3) is 11.4 Å². The zero-order chi connectivity index (χ0) is 25.3. The summed E-state index contributed by atoms with van der Waals surface area (Å²) in [5.74, 6) is 2.68. The molecular formula is C27H34N4O5. The molecule has 2 aromatic carbocycles. The van der Waals surface area contributed by atoms with Gasteiger partial charge in [0.05, 0.1) is 26.2 Å². The SMILES string of the molecule is CCOc1ccc(CCNC(=O)[C@@H]2CCCN(c3nc(-c4ccc(OC)cc4)no3)C2)cc1OCC. The lowest BCUT2D eigenvalue weighted by atomic mass is 9.97. The molecule has 4 rings (SSSR count). The van der Waals surface area contributed by atoms with Crippen LogP contribution in [0.4, 0.5) is 6.01 Å². The van der Waals surface area contributed by atoms with E-state index >= 15 is 0 Å². The number of ether oxygens (including phenoxy) is 3. The molecule has 3 aromatic rings. The molecule has 0 spiro atoms. The molecule has 36 heavy (non-hydrogen) atoms. The number of benzene rings is 2. The van der Waals surface area contributed by atoms with Gasteiger partial charge in [-0.1, -0.05) is 11.2 Å². The van der Waals surface area contributed by atoms with Crippen LogP contribution in [-0.4, -0.2) is 56.0 Å². The third kappa shape index (κ3) is 6.27. The van der Waals surface area contributed by atoms with Crippen molar-refractivity contribution in [3.05, 3.63) is 48.0 Å². The quantitative estimate of drug-likeness (QED) is 0.425. The Morgan fingerprint density at radius 1 is 1.11 bits per heavy atom. The predicted octanol–water partition coefficient (Wildman–Crippen LogP) is 4.12. The van der Waals surface area contributed by atoms with E-state index in [9.17, 15) is 4.79 Å². The molecule has 1 aliphatic heterocycles. The van der Waals surface area contributed by atoms with Gasteiger partial charge in [0.2, 0.25) is 11.7 Å². The van der Waals surface area contributed by atoms with Crippen LogP contribution in [0.1, 0.15) is 32.3 Å². The number of methoxy groups -OCH3 is 1. The highest BCUT2D eigenvalue weighted by Gasteiger charge is 2.28. The zero-order valence-electron chi connectivity index (χ0n) is 21.2. The van der Waals surface area contributed by atoms with Crippen molar-refractivity contribution in [3.8, 4) is 28.6 Å². The van der Waals surface area contributed by atoms with Crippen LogP contribution >= 0.6 is 0 Å². The summed E-state index contributed by atoms with van der Waals surface area (Å²) >= 11 is 0. The van der Waals surface area contributed by atoms with Gasteiger partial charge in [-0.15, -0.1) is 0 Å². The van der Waals surface area contributed by atoms with Gasteiger partial charge < -0.3 is 29.0 Å². The first-order valence-electron chi connectivity index (χ1n) is 12.5. The second kappa shape index (κ2) is 12.3. The number of hydrogen-bond donors (Lipinski definition) is 1. The van der Waals surface area contributed by atoms with Crippen molar-refractivity contribution in [1.29, 1.82) is 0 Å². The third-order valence-electron chi connectivity index (χ3n) is 6.15. The van der Waals surface area contributed by atoms with Crippen LogP contribution < -0.4 is 24.4 Å². The minimum atomic E-state index is -0.130. The molecule has 1 amide bonds. The first-order valence-corrected chi connectivity index (χ1v) is 12.5. The molecule has 0 aliphatic carbocycles. The van der Waals surface area contributed by atoms with Gasteiger partial charge >= 0.3 is 6.01 Å². The average molecular weight is 495 g/mol. The van der Waals surface area contributed by atoms with E-state index < -0.39 is 0 Å². The van der Waals surface area contributed by atoms with Gasteiger partial charge in [-0.05, 0) is 75.1 Å². The van der Waals surface area contributed by atoms with Crippen LogP contribution in [0.5, 0.6) is 17.2 Å². The number of piperidine rings is 1. The van der Waals surface area contributed by atoms with E-state index in [0.29, 0.717) is 44.6 Å². The van der Waals surface area contributed by atoms with Gasteiger partial charge in [0, 0.05) is 25.2 Å². The summed E-state index contributed by atoms with van der Waals surface area (Å²) in [6.45, 7) is 6.93. The summed E-state index contributed by atoms with van der Waals surface area (Å²) in [4.78, 5) is 19.4. The van der Waals surface area contributed by atoms with Crippen LogP contribution in [0, 0.1) is 5.92 Å². The van der Waals surface area contributed by atoms with Gasteiger partial charge in [0.1, 0.15) is 5.75 Å². The van der Waals surface area contributed by atoms with Gasteiger partial charge in [-0.2, -0.15) is 4.98 Å². The summed E-state index contributed by atoms with van der Waals surface area (Å²) in [6.07, 6.45) is 2.43. The lowest BCUT2D eigenvalue weighted by Gasteiger charge is -2.30. The number of anilines is 1. The van der Waals surface area contributed by atoms with Gasteiger partial charge in [-0.3, -0.25) is 4.79 Å². The smallest absolute Gasteiger partial charge is 0.324 e. The minimum absolute atomic E-state index is 0.0468. The minimum Gasteiger partial charge on any atom is -0.497 e. The topological polar surface area (TPSA) is 99.0 Å². The Kier molecular flexibility index (Phi) is 8.65. The summed E-state index contributed by atoms with van der Waals surface area (Å²) < 4.78 is 22.1. The second-order valence-electron chi connectivity index (χ2n) is 8.60. The molecule has 0 bridgehead atoms. The molecule has 0 radical (unpaired) electrons. The number of nitrogens with one attached hydrogen (secondary N) is 1. The number of carbonyl (C=O) groups excluding carboxylic acids is 1. The van der Waals surface area contributed by atoms with Crippen molar-refractivity contribution < 1.29 is 23.5 Å². The summed E-state index contributed by atoms with van der Waals surface area (Å²) in [7, 11) is 1.63. The van der Waals surface area contributed by atoms with Crippen LogP contribution in [0.3, 0.4) is 0 Å². The summed E-state index contributed by atoms with van der Waals surface area (Å²) in [5.41, 5.74) is 1.93. The normalized spacial score (nSPS) is 15.4. The molecule has 1 aromatic heterocycles. The van der Waals surface area contributed by atoms with E-state index in [2.05, 4.69) is 15.5 Å². The fraction of sp³-hybridized carbons (Fsp3) is 0.444. The Morgan fingerprint density at radius 2 is 1.89 bits per heavy atom. The van der Waals surface area contributed by atoms with E-state index in [4.69, 9.17) is 18.7 Å². The van der Waals surface area contributed by atoms with Crippen LogP contribution in [0.15, 0.2) is 47.0 Å². The van der Waals surface area contributed by atoms with Gasteiger partial charge in [0.15, 0.2) is 11.5 Å². The first kappa shape index (κ1) is 25.3. The molecule has 1 aliphatic rings. The van der Waals surface area contributed by atoms with Crippen molar-refractivity contribution >= 4 is 11.9 Å². The fourth-order valence-corrected chi connectivity index (χ4v) is 4.29. The Hall–Kier alpha value is -3.75. The molecule has 1 fully saturated rings. The standard InChI is InChI=1S/C27H34N4O5/c1-4-34-23-13-8-19(17-24(23)35-5-2)14-15-28-26(32)21-7-6-16-31(18-21)27-29-25(30-36-27)20-9-11-22(33-3)12-10-20/h8-13,17,21H,4-7,14-16,18H2,1-3H3,(H,28,32)/t21-/m1/s1. The first-order chi connectivity index (χ1) is 17.6. The maximum absolute atomic E-state index is 12.9. The number of rotatable bonds is 11. The largest absolute Gasteiger partial charge is 0.497 e. The van der Waals surface area contributed by atoms with Gasteiger partial charge in [-0.25, -0.2) is 0 Å². The van der Waals surface area contributed by atoms with E-state index in [1.165, 1.54) is 0 Å². The lowest BCUT2D eigenvalue weighted by molar-refractivity contribution is -0.125. The number of hydrogen-bond acceptors (Lipinski definition) is 8. The van der Waals surface area contributed by atoms with Crippen molar-refractivity contribution in [2.45, 2.75) is 33.1 Å². The number of amides is 1. The molecular weight excluding hydrogens is 460 g/mol. The summed E-state index contributed by atoms with van der Waals surface area (Å²) in [5, 5.41) is 7.21. The van der Waals surface area contributed by atoms with Crippen molar-refractivity contribution in [2.24, 2.45) is 5.92 Å². The number of carbonyl (C=O) groups is 1. The Balaban J connectivity index is 1.30. The Bertz CT molecular complexity index is 1130. The summed E-state index contributed by atoms with van der Waals surface area (Å²) in [6, 6.07) is 13.9. The average Bonchev–Trinajstić information content (AvgIpc) is 3.41. The number of nitrogens with zero attached hydrogens (tertiary/aromatic N) is 3. The maximum atomic E-state index is 12.9.